The van der Waals surface area contributed by atoms with Crippen LogP contribution in [-0.2, 0) is 9.53 Å². The molecule has 2 aromatic carbocycles. The van der Waals surface area contributed by atoms with Gasteiger partial charge in [-0.15, -0.1) is 0 Å². The summed E-state index contributed by atoms with van der Waals surface area (Å²) < 4.78 is 12.7. The van der Waals surface area contributed by atoms with Crippen LogP contribution in [-0.4, -0.2) is 84.2 Å². The van der Waals surface area contributed by atoms with Crippen LogP contribution in [0.5, 0.6) is 5.75 Å². The smallest absolute Gasteiger partial charge is 0.258 e. The summed E-state index contributed by atoms with van der Waals surface area (Å²) in [6.07, 6.45) is 7.35. The number of likely N-dealkylation sites (N-methyl/N-ethyl adjacent to an activating group) is 1. The van der Waals surface area contributed by atoms with Crippen LogP contribution in [0.1, 0.15) is 92.9 Å². The summed E-state index contributed by atoms with van der Waals surface area (Å²) in [5.74, 6) is -0.0262. The first-order chi connectivity index (χ1) is 21.7. The van der Waals surface area contributed by atoms with Gasteiger partial charge in [-0.3, -0.25) is 14.4 Å². The Hall–Kier alpha value is -3.43. The second kappa shape index (κ2) is 16.8. The number of aliphatic hydroxyl groups is 1. The third kappa shape index (κ3) is 9.53. The van der Waals surface area contributed by atoms with Crippen LogP contribution in [0.3, 0.4) is 0 Å². The van der Waals surface area contributed by atoms with E-state index in [0.717, 1.165) is 44.9 Å². The van der Waals surface area contributed by atoms with E-state index in [-0.39, 0.29) is 48.4 Å². The normalized spacial score (nSPS) is 22.8. The van der Waals surface area contributed by atoms with Gasteiger partial charge >= 0.3 is 0 Å². The maximum Gasteiger partial charge on any atom is 0.258 e. The van der Waals surface area contributed by atoms with Crippen molar-refractivity contribution in [3.63, 3.8) is 0 Å². The van der Waals surface area contributed by atoms with Gasteiger partial charge in [-0.25, -0.2) is 0 Å². The van der Waals surface area contributed by atoms with E-state index in [4.69, 9.17) is 9.47 Å². The molecule has 4 atom stereocenters. The van der Waals surface area contributed by atoms with E-state index in [0.29, 0.717) is 42.3 Å². The molecule has 2 aliphatic rings. The molecule has 9 heteroatoms. The Morgan fingerprint density at radius 1 is 1.02 bits per heavy atom. The average molecular weight is 622 g/mol. The standard InChI is InChI=1S/C36H51N3O6/c1-25-22-39(26(2)24-40)36(43)31-21-30(37-34(41)28-14-7-5-8-15-28)18-19-32(31)45-27(3)13-11-12-20-44-33(25)23-38(4)35(42)29-16-9-6-10-17-29/h5,7-8,14-15,18-19,21,25-27,29,33,40H,6,9-13,16-17,20,22-24H2,1-4H3,(H,37,41)/t25-,26-,27-,33-/m0/s1. The first-order valence-electron chi connectivity index (χ1n) is 16.6. The summed E-state index contributed by atoms with van der Waals surface area (Å²) in [7, 11) is 1.86. The van der Waals surface area contributed by atoms with Crippen molar-refractivity contribution in [3.05, 3.63) is 59.7 Å². The predicted molar refractivity (Wildman–Crippen MR) is 175 cm³/mol. The van der Waals surface area contributed by atoms with E-state index >= 15 is 0 Å². The van der Waals surface area contributed by atoms with Gasteiger partial charge in [-0.1, -0.05) is 44.4 Å². The van der Waals surface area contributed by atoms with Crippen LogP contribution in [0.2, 0.25) is 0 Å². The monoisotopic (exact) mass is 621 g/mol. The SMILES string of the molecule is C[C@H]1CCCCO[C@@H](CN(C)C(=O)C2CCCCC2)[C@@H](C)CN([C@@H](C)CO)C(=O)c2cc(NC(=O)c3ccccc3)ccc2O1. The summed E-state index contributed by atoms with van der Waals surface area (Å²) in [6, 6.07) is 13.6. The minimum absolute atomic E-state index is 0.0691. The minimum Gasteiger partial charge on any atom is -0.490 e. The van der Waals surface area contributed by atoms with Gasteiger partial charge in [-0.05, 0) is 76.3 Å². The lowest BCUT2D eigenvalue weighted by Gasteiger charge is -2.36. The van der Waals surface area contributed by atoms with Crippen molar-refractivity contribution in [2.45, 2.75) is 90.4 Å². The highest BCUT2D eigenvalue weighted by Gasteiger charge is 2.32. The van der Waals surface area contributed by atoms with Crippen molar-refractivity contribution < 1.29 is 29.0 Å². The van der Waals surface area contributed by atoms with Gasteiger partial charge in [0.25, 0.3) is 11.8 Å². The molecule has 1 saturated carbocycles. The molecule has 2 N–H and O–H groups in total. The molecule has 1 fully saturated rings. The van der Waals surface area contributed by atoms with E-state index in [1.54, 1.807) is 47.4 Å². The van der Waals surface area contributed by atoms with Crippen molar-refractivity contribution in [3.8, 4) is 5.75 Å². The Balaban J connectivity index is 1.61. The molecule has 1 aliphatic carbocycles. The number of amides is 3. The Morgan fingerprint density at radius 3 is 2.44 bits per heavy atom. The fraction of sp³-hybridized carbons (Fsp3) is 0.583. The lowest BCUT2D eigenvalue weighted by molar-refractivity contribution is -0.137. The average Bonchev–Trinajstić information content (AvgIpc) is 3.06. The number of ether oxygens (including phenoxy) is 2. The van der Waals surface area contributed by atoms with Gasteiger partial charge in [0.05, 0.1) is 30.4 Å². The summed E-state index contributed by atoms with van der Waals surface area (Å²) in [4.78, 5) is 44.0. The van der Waals surface area contributed by atoms with Crippen LogP contribution in [0.4, 0.5) is 5.69 Å². The lowest BCUT2D eigenvalue weighted by atomic mass is 9.88. The molecule has 4 rings (SSSR count). The maximum atomic E-state index is 14.3. The number of aliphatic hydroxyl groups excluding tert-OH is 1. The molecule has 0 spiro atoms. The highest BCUT2D eigenvalue weighted by atomic mass is 16.5. The zero-order chi connectivity index (χ0) is 32.3. The highest BCUT2D eigenvalue weighted by Crippen LogP contribution is 2.29. The number of carbonyl (C=O) groups excluding carboxylic acids is 3. The molecule has 0 radical (unpaired) electrons. The van der Waals surface area contributed by atoms with Crippen molar-refractivity contribution in [1.82, 2.24) is 9.80 Å². The first kappa shape index (κ1) is 34.4. The van der Waals surface area contributed by atoms with Gasteiger partial charge in [0.2, 0.25) is 5.91 Å². The van der Waals surface area contributed by atoms with Crippen molar-refractivity contribution >= 4 is 23.4 Å². The Morgan fingerprint density at radius 2 is 1.73 bits per heavy atom. The van der Waals surface area contributed by atoms with E-state index < -0.39 is 6.04 Å². The quantitative estimate of drug-likeness (QED) is 0.406. The predicted octanol–water partition coefficient (Wildman–Crippen LogP) is 5.77. The molecular weight excluding hydrogens is 570 g/mol. The lowest BCUT2D eigenvalue weighted by Crippen LogP contribution is -2.48. The molecule has 3 amide bonds. The van der Waals surface area contributed by atoms with E-state index in [9.17, 15) is 19.5 Å². The third-order valence-corrected chi connectivity index (χ3v) is 9.13. The third-order valence-electron chi connectivity index (χ3n) is 9.13. The summed E-state index contributed by atoms with van der Waals surface area (Å²) in [6.45, 7) is 6.92. The molecule has 0 saturated heterocycles. The molecule has 45 heavy (non-hydrogen) atoms. The van der Waals surface area contributed by atoms with Crippen LogP contribution < -0.4 is 10.1 Å². The minimum atomic E-state index is -0.483. The van der Waals surface area contributed by atoms with E-state index in [1.165, 1.54) is 6.42 Å². The molecule has 0 aromatic heterocycles. The van der Waals surface area contributed by atoms with Crippen molar-refractivity contribution in [2.75, 3.05) is 38.7 Å². The number of nitrogens with zero attached hydrogens (tertiary/aromatic N) is 2. The molecule has 1 heterocycles. The molecule has 1 aliphatic heterocycles. The molecule has 246 valence electrons. The van der Waals surface area contributed by atoms with Crippen molar-refractivity contribution in [2.24, 2.45) is 11.8 Å². The van der Waals surface area contributed by atoms with Crippen molar-refractivity contribution in [1.29, 1.82) is 0 Å². The van der Waals surface area contributed by atoms with Crippen LogP contribution >= 0.6 is 0 Å². The number of carbonyl (C=O) groups is 3. The number of rotatable bonds is 7. The zero-order valence-corrected chi connectivity index (χ0v) is 27.4. The number of hydrogen-bond acceptors (Lipinski definition) is 6. The van der Waals surface area contributed by atoms with E-state index in [2.05, 4.69) is 5.32 Å². The van der Waals surface area contributed by atoms with E-state index in [1.807, 2.05) is 38.8 Å². The second-order valence-electron chi connectivity index (χ2n) is 12.9. The first-order valence-corrected chi connectivity index (χ1v) is 16.6. The molecule has 2 aromatic rings. The number of benzene rings is 2. The molecule has 9 nitrogen and oxygen atoms in total. The summed E-state index contributed by atoms with van der Waals surface area (Å²) in [5.41, 5.74) is 1.30. The second-order valence-corrected chi connectivity index (χ2v) is 12.9. The zero-order valence-electron chi connectivity index (χ0n) is 27.4. The molecular formula is C36H51N3O6. The fourth-order valence-corrected chi connectivity index (χ4v) is 6.28. The summed E-state index contributed by atoms with van der Waals surface area (Å²) in [5, 5.41) is 13.1. The van der Waals surface area contributed by atoms with Gasteiger partial charge in [0.15, 0.2) is 0 Å². The number of hydrogen-bond donors (Lipinski definition) is 2. The topological polar surface area (TPSA) is 108 Å². The number of nitrogens with one attached hydrogen (secondary N) is 1. The number of fused-ring (bicyclic) bond motifs is 1. The highest BCUT2D eigenvalue weighted by molar-refractivity contribution is 6.05. The molecule has 0 unspecified atom stereocenters. The van der Waals surface area contributed by atoms with Crippen LogP contribution in [0.15, 0.2) is 48.5 Å². The summed E-state index contributed by atoms with van der Waals surface area (Å²) >= 11 is 0. The number of anilines is 1. The maximum absolute atomic E-state index is 14.3. The largest absolute Gasteiger partial charge is 0.490 e. The van der Waals surface area contributed by atoms with Crippen LogP contribution in [0.25, 0.3) is 0 Å². The fourth-order valence-electron chi connectivity index (χ4n) is 6.28. The Kier molecular flexibility index (Phi) is 12.8. The van der Waals surface area contributed by atoms with Gasteiger partial charge in [0.1, 0.15) is 5.75 Å². The van der Waals surface area contributed by atoms with Crippen LogP contribution in [0, 0.1) is 11.8 Å². The van der Waals surface area contributed by atoms with Gasteiger partial charge in [-0.2, -0.15) is 0 Å². The Labute approximate surface area is 268 Å². The Bertz CT molecular complexity index is 1260. The van der Waals surface area contributed by atoms with Gasteiger partial charge in [0, 0.05) is 49.8 Å². The van der Waals surface area contributed by atoms with Gasteiger partial charge < -0.3 is 29.7 Å². The molecule has 0 bridgehead atoms.